The molecule has 2 N–H and O–H groups in total. The van der Waals surface area contributed by atoms with Crippen LogP contribution >= 0.6 is 22.7 Å². The number of amides is 1. The first kappa shape index (κ1) is 12.8. The number of nitrogens with one attached hydrogen (secondary N) is 2. The molecule has 0 unspecified atom stereocenters. The summed E-state index contributed by atoms with van der Waals surface area (Å²) in [4.78, 5) is 20.2. The highest BCUT2D eigenvalue weighted by Crippen LogP contribution is 2.25. The number of nitrogens with zero attached hydrogens (tertiary/aromatic N) is 3. The topological polar surface area (TPSA) is 92.8 Å². The van der Waals surface area contributed by atoms with Crippen LogP contribution in [-0.4, -0.2) is 33.2 Å². The number of rotatable bonds is 4. The van der Waals surface area contributed by atoms with E-state index in [0.29, 0.717) is 5.69 Å². The van der Waals surface area contributed by atoms with E-state index in [1.807, 2.05) is 16.8 Å². The zero-order valence-corrected chi connectivity index (χ0v) is 11.9. The van der Waals surface area contributed by atoms with Crippen LogP contribution in [0.25, 0.3) is 10.6 Å². The van der Waals surface area contributed by atoms with Crippen molar-refractivity contribution >= 4 is 34.5 Å². The molecular formula is C11H9N5O2S2. The maximum Gasteiger partial charge on any atom is 0.336 e. The Bertz CT molecular complexity index is 719. The van der Waals surface area contributed by atoms with Gasteiger partial charge in [0.1, 0.15) is 10.7 Å². The van der Waals surface area contributed by atoms with Crippen molar-refractivity contribution in [3.63, 3.8) is 0 Å². The van der Waals surface area contributed by atoms with Crippen LogP contribution in [0.2, 0.25) is 0 Å². The van der Waals surface area contributed by atoms with Gasteiger partial charge in [-0.2, -0.15) is 16.3 Å². The summed E-state index contributed by atoms with van der Waals surface area (Å²) in [5.41, 5.74) is 1.35. The SMILES string of the molecule is COc1n[nH]c(NC(=O)c2csc(-c3ccsc3)n2)n1. The van der Waals surface area contributed by atoms with Crippen LogP contribution in [0.4, 0.5) is 5.95 Å². The molecule has 0 saturated heterocycles. The van der Waals surface area contributed by atoms with Crippen molar-refractivity contribution in [2.75, 3.05) is 12.4 Å². The van der Waals surface area contributed by atoms with Gasteiger partial charge in [0.2, 0.25) is 5.95 Å². The summed E-state index contributed by atoms with van der Waals surface area (Å²) in [7, 11) is 1.45. The Kier molecular flexibility index (Phi) is 3.44. The average Bonchev–Trinajstić information content (AvgIpc) is 3.19. The highest BCUT2D eigenvalue weighted by molar-refractivity contribution is 7.14. The maximum atomic E-state index is 12.0. The van der Waals surface area contributed by atoms with E-state index in [-0.39, 0.29) is 17.9 Å². The molecule has 0 saturated carbocycles. The largest absolute Gasteiger partial charge is 0.466 e. The monoisotopic (exact) mass is 307 g/mol. The van der Waals surface area contributed by atoms with Crippen molar-refractivity contribution in [2.24, 2.45) is 0 Å². The van der Waals surface area contributed by atoms with Gasteiger partial charge in [-0.25, -0.2) is 10.1 Å². The third-order valence-corrected chi connectivity index (χ3v) is 3.96. The van der Waals surface area contributed by atoms with Gasteiger partial charge in [0.25, 0.3) is 5.91 Å². The molecule has 20 heavy (non-hydrogen) atoms. The summed E-state index contributed by atoms with van der Waals surface area (Å²) >= 11 is 3.01. The zero-order chi connectivity index (χ0) is 13.9. The molecule has 0 fully saturated rings. The van der Waals surface area contributed by atoms with Gasteiger partial charge < -0.3 is 4.74 Å². The van der Waals surface area contributed by atoms with Gasteiger partial charge in [0.15, 0.2) is 0 Å². The van der Waals surface area contributed by atoms with E-state index in [2.05, 4.69) is 25.5 Å². The molecule has 0 spiro atoms. The van der Waals surface area contributed by atoms with Crippen molar-refractivity contribution in [3.8, 4) is 16.6 Å². The Morgan fingerprint density at radius 1 is 1.40 bits per heavy atom. The van der Waals surface area contributed by atoms with E-state index in [1.165, 1.54) is 18.4 Å². The standard InChI is InChI=1S/C11H9N5O2S2/c1-18-11-14-10(15-16-11)13-8(17)7-5-20-9(12-7)6-2-3-19-4-6/h2-5H,1H3,(H2,13,14,15,16,17). The molecule has 102 valence electrons. The minimum absolute atomic E-state index is 0.164. The molecule has 0 atom stereocenters. The summed E-state index contributed by atoms with van der Waals surface area (Å²) in [6.45, 7) is 0. The molecular weight excluding hydrogens is 298 g/mol. The van der Waals surface area contributed by atoms with Crippen LogP contribution in [0.5, 0.6) is 6.01 Å². The van der Waals surface area contributed by atoms with Gasteiger partial charge in [-0.3, -0.25) is 10.1 Å². The smallest absolute Gasteiger partial charge is 0.336 e. The van der Waals surface area contributed by atoms with E-state index in [9.17, 15) is 4.79 Å². The average molecular weight is 307 g/mol. The zero-order valence-electron chi connectivity index (χ0n) is 10.3. The number of hydrogen-bond acceptors (Lipinski definition) is 7. The van der Waals surface area contributed by atoms with Gasteiger partial charge in [-0.1, -0.05) is 0 Å². The second-order valence-electron chi connectivity index (χ2n) is 3.67. The van der Waals surface area contributed by atoms with Gasteiger partial charge in [-0.05, 0) is 11.4 Å². The van der Waals surface area contributed by atoms with E-state index >= 15 is 0 Å². The quantitative estimate of drug-likeness (QED) is 0.771. The lowest BCUT2D eigenvalue weighted by molar-refractivity contribution is 0.102. The molecule has 0 bridgehead atoms. The summed E-state index contributed by atoms with van der Waals surface area (Å²) < 4.78 is 4.82. The van der Waals surface area contributed by atoms with Gasteiger partial charge in [0, 0.05) is 16.3 Å². The second-order valence-corrected chi connectivity index (χ2v) is 5.31. The molecule has 3 heterocycles. The van der Waals surface area contributed by atoms with Crippen LogP contribution in [0.15, 0.2) is 22.2 Å². The number of carbonyl (C=O) groups excluding carboxylic acids is 1. The molecule has 7 nitrogen and oxygen atoms in total. The first-order chi connectivity index (χ1) is 9.76. The fourth-order valence-corrected chi connectivity index (χ4v) is 2.97. The molecule has 0 aromatic carbocycles. The highest BCUT2D eigenvalue weighted by Gasteiger charge is 2.14. The number of hydrogen-bond donors (Lipinski definition) is 2. The molecule has 0 aliphatic heterocycles. The Morgan fingerprint density at radius 3 is 3.00 bits per heavy atom. The van der Waals surface area contributed by atoms with Crippen molar-refractivity contribution in [1.82, 2.24) is 20.2 Å². The number of anilines is 1. The molecule has 0 aliphatic carbocycles. The van der Waals surface area contributed by atoms with Gasteiger partial charge in [-0.15, -0.1) is 16.4 Å². The lowest BCUT2D eigenvalue weighted by atomic mass is 10.3. The predicted octanol–water partition coefficient (Wildman–Crippen LogP) is 2.25. The van der Waals surface area contributed by atoms with Crippen molar-refractivity contribution in [1.29, 1.82) is 0 Å². The third kappa shape index (κ3) is 2.53. The summed E-state index contributed by atoms with van der Waals surface area (Å²) in [5.74, 6) is -0.126. The number of thiophene rings is 1. The van der Waals surface area contributed by atoms with Crippen molar-refractivity contribution in [2.45, 2.75) is 0 Å². The Hall–Kier alpha value is -2.26. The van der Waals surface area contributed by atoms with E-state index in [4.69, 9.17) is 4.74 Å². The van der Waals surface area contributed by atoms with E-state index in [1.54, 1.807) is 16.7 Å². The molecule has 3 aromatic rings. The summed E-state index contributed by atoms with van der Waals surface area (Å²) in [6, 6.07) is 2.13. The number of aromatic amines is 1. The van der Waals surface area contributed by atoms with Crippen molar-refractivity contribution in [3.05, 3.63) is 27.9 Å². The van der Waals surface area contributed by atoms with Crippen LogP contribution in [0.1, 0.15) is 10.5 Å². The van der Waals surface area contributed by atoms with Crippen LogP contribution < -0.4 is 10.1 Å². The number of carbonyl (C=O) groups is 1. The van der Waals surface area contributed by atoms with E-state index < -0.39 is 0 Å². The fraction of sp³-hybridized carbons (Fsp3) is 0.0909. The van der Waals surface area contributed by atoms with Gasteiger partial charge in [0.05, 0.1) is 7.11 Å². The number of methoxy groups -OCH3 is 1. The first-order valence-corrected chi connectivity index (χ1v) is 7.34. The normalized spacial score (nSPS) is 10.4. The minimum Gasteiger partial charge on any atom is -0.466 e. The fourth-order valence-electron chi connectivity index (χ4n) is 1.46. The van der Waals surface area contributed by atoms with E-state index in [0.717, 1.165) is 10.6 Å². The number of ether oxygens (including phenoxy) is 1. The molecule has 9 heteroatoms. The summed E-state index contributed by atoms with van der Waals surface area (Å²) in [6.07, 6.45) is 0. The highest BCUT2D eigenvalue weighted by atomic mass is 32.1. The Balaban J connectivity index is 1.74. The lowest BCUT2D eigenvalue weighted by Crippen LogP contribution is -2.13. The number of H-pyrrole nitrogens is 1. The molecule has 3 aromatic heterocycles. The third-order valence-electron chi connectivity index (χ3n) is 2.38. The van der Waals surface area contributed by atoms with Crippen LogP contribution in [-0.2, 0) is 0 Å². The first-order valence-electron chi connectivity index (χ1n) is 5.52. The number of thiazole rings is 1. The van der Waals surface area contributed by atoms with Crippen LogP contribution in [0, 0.1) is 0 Å². The Labute approximate surface area is 121 Å². The lowest BCUT2D eigenvalue weighted by Gasteiger charge is -1.96. The molecule has 0 aliphatic rings. The van der Waals surface area contributed by atoms with Gasteiger partial charge >= 0.3 is 6.01 Å². The molecule has 1 amide bonds. The van der Waals surface area contributed by atoms with Crippen LogP contribution in [0.3, 0.4) is 0 Å². The minimum atomic E-state index is -0.346. The molecule has 0 radical (unpaired) electrons. The second kappa shape index (κ2) is 5.39. The molecule has 3 rings (SSSR count). The predicted molar refractivity (Wildman–Crippen MR) is 76.3 cm³/mol. The Morgan fingerprint density at radius 2 is 2.30 bits per heavy atom. The van der Waals surface area contributed by atoms with Crippen molar-refractivity contribution < 1.29 is 9.53 Å². The summed E-state index contributed by atoms with van der Waals surface area (Å²) in [5, 5.41) is 15.3. The maximum absolute atomic E-state index is 12.0. The number of aromatic nitrogens is 4.